The minimum Gasteiger partial charge on any atom is -0.491 e. The summed E-state index contributed by atoms with van der Waals surface area (Å²) in [7, 11) is -7.33. The van der Waals surface area contributed by atoms with E-state index in [1.54, 1.807) is 12.1 Å². The van der Waals surface area contributed by atoms with Gasteiger partial charge in [0, 0.05) is 17.6 Å². The van der Waals surface area contributed by atoms with Crippen molar-refractivity contribution in [3.05, 3.63) is 29.3 Å². The second kappa shape index (κ2) is 8.06. The summed E-state index contributed by atoms with van der Waals surface area (Å²) in [5.74, 6) is -1.19. The van der Waals surface area contributed by atoms with Crippen LogP contribution in [-0.4, -0.2) is 47.3 Å². The Hall–Kier alpha value is -2.44. The van der Waals surface area contributed by atoms with Crippen molar-refractivity contribution in [2.45, 2.75) is 18.2 Å². The summed E-state index contributed by atoms with van der Waals surface area (Å²) in [5, 5.41) is 0. The molecule has 1 aromatic rings. The fourth-order valence-electron chi connectivity index (χ4n) is 2.22. The van der Waals surface area contributed by atoms with Crippen LogP contribution in [-0.2, 0) is 29.0 Å². The molecule has 27 heavy (non-hydrogen) atoms. The number of para-hydroxylation sites is 1. The molecule has 148 valence electrons. The third kappa shape index (κ3) is 5.52. The summed E-state index contributed by atoms with van der Waals surface area (Å²) in [5.41, 5.74) is 7.89. The molecular formula is C15H19N3O7S2. The summed E-state index contributed by atoms with van der Waals surface area (Å²) in [6.07, 6.45) is 2.41. The van der Waals surface area contributed by atoms with Gasteiger partial charge in [-0.2, -0.15) is 13.4 Å². The fourth-order valence-corrected chi connectivity index (χ4v) is 3.51. The maximum absolute atomic E-state index is 12.3. The highest BCUT2D eigenvalue weighted by atomic mass is 32.2. The van der Waals surface area contributed by atoms with Crippen molar-refractivity contribution >= 4 is 37.9 Å². The molecule has 0 aliphatic carbocycles. The minimum absolute atomic E-state index is 0.0543. The number of sulfone groups is 1. The van der Waals surface area contributed by atoms with Gasteiger partial charge in [-0.15, -0.1) is 4.28 Å². The predicted molar refractivity (Wildman–Crippen MR) is 98.0 cm³/mol. The number of nitrogens with two attached hydrogens (primary N) is 1. The monoisotopic (exact) mass is 417 g/mol. The Kier molecular flexibility index (Phi) is 6.23. The second-order valence-corrected chi connectivity index (χ2v) is 9.36. The number of rotatable bonds is 5. The number of hydrogen-bond acceptors (Lipinski definition) is 7. The van der Waals surface area contributed by atoms with Gasteiger partial charge in [-0.05, 0) is 12.1 Å². The molecule has 0 fully saturated rings. The quantitative estimate of drug-likeness (QED) is 0.382. The predicted octanol–water partition coefficient (Wildman–Crippen LogP) is -0.0318. The summed E-state index contributed by atoms with van der Waals surface area (Å²) in [4.78, 5) is 15.9. The smallest absolute Gasteiger partial charge is 0.285 e. The normalized spacial score (nSPS) is 15.2. The molecule has 10 nitrogen and oxygen atoms in total. The van der Waals surface area contributed by atoms with E-state index in [0.29, 0.717) is 5.56 Å². The van der Waals surface area contributed by atoms with E-state index in [0.717, 1.165) is 6.26 Å². The van der Waals surface area contributed by atoms with Gasteiger partial charge >= 0.3 is 0 Å². The number of carbonyl (C=O) groups is 1. The van der Waals surface area contributed by atoms with Crippen molar-refractivity contribution < 1.29 is 30.7 Å². The van der Waals surface area contributed by atoms with Crippen LogP contribution in [0.4, 0.5) is 0 Å². The molecule has 1 aliphatic rings. The maximum atomic E-state index is 12.3. The molecule has 0 spiro atoms. The van der Waals surface area contributed by atoms with Crippen molar-refractivity contribution in [1.29, 1.82) is 0 Å². The fraction of sp³-hybridized carbons (Fsp3) is 0.333. The molecule has 1 aliphatic heterocycles. The highest BCUT2D eigenvalue weighted by molar-refractivity contribution is 7.91. The SMILES string of the molecule is CCS(=O)(=O)c1cccc2c1OCCC(C(=O)N=C(N)NOS(C)(=O)=O)=C2. The van der Waals surface area contributed by atoms with Gasteiger partial charge in [0.1, 0.15) is 10.6 Å². The lowest BCUT2D eigenvalue weighted by Gasteiger charge is -2.11. The molecule has 1 amide bonds. The Morgan fingerprint density at radius 3 is 2.67 bits per heavy atom. The number of hydrogen-bond donors (Lipinski definition) is 2. The number of hydroxylamine groups is 1. The van der Waals surface area contributed by atoms with Gasteiger partial charge in [0.05, 0.1) is 18.6 Å². The Balaban J connectivity index is 2.33. The zero-order valence-electron chi connectivity index (χ0n) is 14.6. The van der Waals surface area contributed by atoms with Crippen LogP contribution >= 0.6 is 0 Å². The third-order valence-corrected chi connectivity index (χ3v) is 5.60. The molecule has 0 atom stereocenters. The summed E-state index contributed by atoms with van der Waals surface area (Å²) in [6, 6.07) is 4.61. The van der Waals surface area contributed by atoms with Crippen molar-refractivity contribution in [1.82, 2.24) is 5.48 Å². The van der Waals surface area contributed by atoms with E-state index in [1.807, 2.05) is 5.48 Å². The first kappa shape index (κ1) is 20.9. The molecule has 1 heterocycles. The number of nitrogens with zero attached hydrogens (tertiary/aromatic N) is 1. The molecule has 1 aromatic carbocycles. The molecule has 0 saturated heterocycles. The lowest BCUT2D eigenvalue weighted by Crippen LogP contribution is -2.34. The van der Waals surface area contributed by atoms with Crippen LogP contribution in [0.25, 0.3) is 6.08 Å². The average Bonchev–Trinajstić information content (AvgIpc) is 2.81. The molecule has 0 unspecified atom stereocenters. The molecule has 2 rings (SSSR count). The van der Waals surface area contributed by atoms with Crippen LogP contribution in [0.1, 0.15) is 18.9 Å². The van der Waals surface area contributed by atoms with Crippen LogP contribution in [0.15, 0.2) is 33.7 Å². The lowest BCUT2D eigenvalue weighted by atomic mass is 10.1. The van der Waals surface area contributed by atoms with E-state index >= 15 is 0 Å². The maximum Gasteiger partial charge on any atom is 0.285 e. The largest absolute Gasteiger partial charge is 0.491 e. The van der Waals surface area contributed by atoms with E-state index < -0.39 is 31.8 Å². The van der Waals surface area contributed by atoms with Crippen molar-refractivity contribution in [2.75, 3.05) is 18.6 Å². The molecule has 0 radical (unpaired) electrons. The number of nitrogens with one attached hydrogen (secondary N) is 1. The molecule has 0 aromatic heterocycles. The van der Waals surface area contributed by atoms with Crippen LogP contribution < -0.4 is 16.0 Å². The number of carbonyl (C=O) groups excluding carboxylic acids is 1. The minimum atomic E-state index is -3.82. The number of guanidine groups is 1. The Morgan fingerprint density at radius 1 is 1.33 bits per heavy atom. The average molecular weight is 417 g/mol. The van der Waals surface area contributed by atoms with E-state index in [-0.39, 0.29) is 35.0 Å². The van der Waals surface area contributed by atoms with Gasteiger partial charge in [-0.3, -0.25) is 4.79 Å². The van der Waals surface area contributed by atoms with E-state index in [4.69, 9.17) is 10.5 Å². The Labute approximate surface area is 157 Å². The standard InChI is InChI=1S/C15H19N3O7S2/c1-3-27(22,23)12-6-4-5-10-9-11(7-8-24-13(10)12)14(19)17-15(16)18-25-26(2,20)21/h4-6,9H,3,7-8H2,1-2H3,(H3,16,17,18,19). The number of amides is 1. The van der Waals surface area contributed by atoms with Crippen LogP contribution in [0.2, 0.25) is 0 Å². The summed E-state index contributed by atoms with van der Waals surface area (Å²) in [6.45, 7) is 1.59. The first-order chi connectivity index (χ1) is 12.5. The number of fused-ring (bicyclic) bond motifs is 1. The third-order valence-electron chi connectivity index (χ3n) is 3.47. The summed E-state index contributed by atoms with van der Waals surface area (Å²) >= 11 is 0. The van der Waals surface area contributed by atoms with Gasteiger partial charge in [0.25, 0.3) is 16.0 Å². The first-order valence-corrected chi connectivity index (χ1v) is 11.2. The van der Waals surface area contributed by atoms with Crippen LogP contribution in [0, 0.1) is 0 Å². The second-order valence-electron chi connectivity index (χ2n) is 5.54. The van der Waals surface area contributed by atoms with Gasteiger partial charge in [-0.1, -0.05) is 19.1 Å². The Bertz CT molecular complexity index is 1010. The lowest BCUT2D eigenvalue weighted by molar-refractivity contribution is -0.114. The molecule has 0 saturated carbocycles. The highest BCUT2D eigenvalue weighted by Crippen LogP contribution is 2.33. The zero-order valence-corrected chi connectivity index (χ0v) is 16.3. The van der Waals surface area contributed by atoms with Gasteiger partial charge in [-0.25, -0.2) is 13.9 Å². The molecule has 3 N–H and O–H groups in total. The van der Waals surface area contributed by atoms with Gasteiger partial charge in [0.2, 0.25) is 5.96 Å². The van der Waals surface area contributed by atoms with Gasteiger partial charge < -0.3 is 10.5 Å². The Morgan fingerprint density at radius 2 is 2.04 bits per heavy atom. The molecule has 0 bridgehead atoms. The number of aliphatic imine (C=N–C) groups is 1. The zero-order chi connectivity index (χ0) is 20.2. The number of ether oxygens (including phenoxy) is 1. The molecular weight excluding hydrogens is 398 g/mol. The van der Waals surface area contributed by atoms with E-state index in [1.165, 1.54) is 19.1 Å². The van der Waals surface area contributed by atoms with Crippen LogP contribution in [0.5, 0.6) is 5.75 Å². The van der Waals surface area contributed by atoms with Crippen molar-refractivity contribution in [2.24, 2.45) is 10.7 Å². The van der Waals surface area contributed by atoms with E-state index in [2.05, 4.69) is 9.28 Å². The first-order valence-electron chi connectivity index (χ1n) is 7.75. The van der Waals surface area contributed by atoms with Crippen LogP contribution in [0.3, 0.4) is 0 Å². The van der Waals surface area contributed by atoms with Crippen molar-refractivity contribution in [3.8, 4) is 5.75 Å². The topological polar surface area (TPSA) is 154 Å². The molecule has 12 heteroatoms. The summed E-state index contributed by atoms with van der Waals surface area (Å²) < 4.78 is 56.0. The number of benzene rings is 1. The van der Waals surface area contributed by atoms with Crippen molar-refractivity contribution in [3.63, 3.8) is 0 Å². The van der Waals surface area contributed by atoms with E-state index in [9.17, 15) is 21.6 Å². The van der Waals surface area contributed by atoms with Gasteiger partial charge in [0.15, 0.2) is 9.84 Å². The highest BCUT2D eigenvalue weighted by Gasteiger charge is 2.23.